The van der Waals surface area contributed by atoms with E-state index in [1.165, 1.54) is 0 Å². The molecule has 0 aliphatic heterocycles. The third kappa shape index (κ3) is 3.77. The highest BCUT2D eigenvalue weighted by Crippen LogP contribution is 1.76. The van der Waals surface area contributed by atoms with Crippen LogP contribution in [0.25, 0.3) is 0 Å². The topological polar surface area (TPSA) is 49.3 Å². The maximum atomic E-state index is 9.73. The summed E-state index contributed by atoms with van der Waals surface area (Å²) in [6, 6.07) is 0.148. The van der Waals surface area contributed by atoms with Crippen molar-refractivity contribution in [1.29, 1.82) is 0 Å². The van der Waals surface area contributed by atoms with Crippen molar-refractivity contribution in [3.63, 3.8) is 0 Å². The van der Waals surface area contributed by atoms with Gasteiger partial charge >= 0.3 is 0 Å². The molecule has 48 valence electrons. The van der Waals surface area contributed by atoms with Crippen molar-refractivity contribution in [3.05, 3.63) is 0 Å². The molecule has 0 fully saturated rings. The van der Waals surface area contributed by atoms with E-state index < -0.39 is 6.23 Å². The lowest BCUT2D eigenvalue weighted by molar-refractivity contribution is -0.116. The van der Waals surface area contributed by atoms with E-state index in [0.29, 0.717) is 6.29 Å². The molecular formula is C5H11NO2. The minimum atomic E-state index is -1.00. The molecule has 0 aliphatic carbocycles. The van der Waals surface area contributed by atoms with Crippen LogP contribution in [-0.4, -0.2) is 23.7 Å². The van der Waals surface area contributed by atoms with E-state index in [1.807, 2.05) is 13.8 Å². The van der Waals surface area contributed by atoms with Crippen LogP contribution in [0.1, 0.15) is 13.8 Å². The number of hydrogen-bond donors (Lipinski definition) is 2. The highest BCUT2D eigenvalue weighted by molar-refractivity contribution is 5.54. The summed E-state index contributed by atoms with van der Waals surface area (Å²) >= 11 is 0. The second kappa shape index (κ2) is 3.57. The van der Waals surface area contributed by atoms with E-state index in [2.05, 4.69) is 5.32 Å². The van der Waals surface area contributed by atoms with Gasteiger partial charge in [-0.25, -0.2) is 0 Å². The van der Waals surface area contributed by atoms with Crippen molar-refractivity contribution in [2.75, 3.05) is 0 Å². The van der Waals surface area contributed by atoms with Gasteiger partial charge in [-0.1, -0.05) is 0 Å². The lowest BCUT2D eigenvalue weighted by Gasteiger charge is -2.07. The summed E-state index contributed by atoms with van der Waals surface area (Å²) in [7, 11) is 0. The molecule has 3 heteroatoms. The zero-order valence-electron chi connectivity index (χ0n) is 5.09. The molecule has 0 spiro atoms. The van der Waals surface area contributed by atoms with Gasteiger partial charge in [0.05, 0.1) is 0 Å². The number of carbonyl (C=O) groups is 1. The molecule has 0 aromatic rings. The van der Waals surface area contributed by atoms with Gasteiger partial charge in [-0.3, -0.25) is 10.1 Å². The molecule has 8 heavy (non-hydrogen) atoms. The Morgan fingerprint density at radius 3 is 2.25 bits per heavy atom. The number of nitrogens with one attached hydrogen (secondary N) is 1. The quantitative estimate of drug-likeness (QED) is 0.387. The predicted molar refractivity (Wildman–Crippen MR) is 30.3 cm³/mol. The Kier molecular flexibility index (Phi) is 3.39. The molecule has 3 nitrogen and oxygen atoms in total. The third-order valence-electron chi connectivity index (χ3n) is 0.633. The highest BCUT2D eigenvalue weighted by atomic mass is 16.3. The van der Waals surface area contributed by atoms with Crippen molar-refractivity contribution in [1.82, 2.24) is 5.32 Å². The molecule has 0 aromatic heterocycles. The minimum Gasteiger partial charge on any atom is -0.371 e. The average molecular weight is 117 g/mol. The summed E-state index contributed by atoms with van der Waals surface area (Å²) in [5, 5.41) is 11.1. The van der Waals surface area contributed by atoms with Gasteiger partial charge in [0.1, 0.15) is 0 Å². The molecule has 0 aromatic carbocycles. The maximum absolute atomic E-state index is 9.73. The van der Waals surface area contributed by atoms with E-state index in [1.54, 1.807) is 0 Å². The van der Waals surface area contributed by atoms with E-state index in [0.717, 1.165) is 0 Å². The first-order valence-electron chi connectivity index (χ1n) is 2.56. The van der Waals surface area contributed by atoms with Gasteiger partial charge in [0.25, 0.3) is 0 Å². The molecule has 0 radical (unpaired) electrons. The number of aliphatic hydroxyl groups excluding tert-OH is 1. The molecule has 0 bridgehead atoms. The van der Waals surface area contributed by atoms with Gasteiger partial charge < -0.3 is 5.11 Å². The van der Waals surface area contributed by atoms with Crippen LogP contribution in [0.2, 0.25) is 0 Å². The Morgan fingerprint density at radius 1 is 1.62 bits per heavy atom. The van der Waals surface area contributed by atoms with Gasteiger partial charge in [0.2, 0.25) is 0 Å². The Labute approximate surface area is 48.7 Å². The van der Waals surface area contributed by atoms with Gasteiger partial charge in [0.15, 0.2) is 12.5 Å². The first kappa shape index (κ1) is 7.59. The van der Waals surface area contributed by atoms with Crippen molar-refractivity contribution >= 4 is 6.29 Å². The fourth-order valence-electron chi connectivity index (χ4n) is 0.381. The zero-order chi connectivity index (χ0) is 6.57. The van der Waals surface area contributed by atoms with E-state index in [9.17, 15) is 4.79 Å². The zero-order valence-corrected chi connectivity index (χ0v) is 5.09. The number of rotatable bonds is 3. The molecule has 0 amide bonds. The van der Waals surface area contributed by atoms with Crippen molar-refractivity contribution in [2.45, 2.75) is 26.1 Å². The van der Waals surface area contributed by atoms with Crippen LogP contribution in [0.15, 0.2) is 0 Å². The second-order valence-electron chi connectivity index (χ2n) is 1.90. The van der Waals surface area contributed by atoms with Crippen molar-refractivity contribution in [3.8, 4) is 0 Å². The molecule has 1 atom stereocenters. The molecule has 0 saturated heterocycles. The number of aldehydes is 1. The van der Waals surface area contributed by atoms with Crippen LogP contribution >= 0.6 is 0 Å². The SMILES string of the molecule is CC(C)NC(O)C=O. The van der Waals surface area contributed by atoms with Gasteiger partial charge in [-0.15, -0.1) is 0 Å². The second-order valence-corrected chi connectivity index (χ2v) is 1.90. The fraction of sp³-hybridized carbons (Fsp3) is 0.800. The monoisotopic (exact) mass is 117 g/mol. The van der Waals surface area contributed by atoms with Crippen LogP contribution in [0.5, 0.6) is 0 Å². The number of aliphatic hydroxyl groups is 1. The molecule has 1 unspecified atom stereocenters. The standard InChI is InChI=1S/C5H11NO2/c1-4(2)6-5(8)3-7/h3-6,8H,1-2H3. The third-order valence-corrected chi connectivity index (χ3v) is 0.633. The largest absolute Gasteiger partial charge is 0.371 e. The van der Waals surface area contributed by atoms with Gasteiger partial charge in [-0.2, -0.15) is 0 Å². The summed E-state index contributed by atoms with van der Waals surface area (Å²) in [5.74, 6) is 0. The minimum absolute atomic E-state index is 0.148. The Balaban J connectivity index is 3.23. The number of carbonyl (C=O) groups excluding carboxylic acids is 1. The molecule has 0 aliphatic rings. The molecule has 0 saturated carbocycles. The van der Waals surface area contributed by atoms with Gasteiger partial charge in [0, 0.05) is 6.04 Å². The smallest absolute Gasteiger partial charge is 0.163 e. The summed E-state index contributed by atoms with van der Waals surface area (Å²) in [6.45, 7) is 3.71. The molecule has 0 rings (SSSR count). The highest BCUT2D eigenvalue weighted by Gasteiger charge is 1.99. The molecule has 2 N–H and O–H groups in total. The van der Waals surface area contributed by atoms with E-state index >= 15 is 0 Å². The predicted octanol–water partition coefficient (Wildman–Crippen LogP) is -0.498. The Bertz CT molecular complexity index is 72.8. The lowest BCUT2D eigenvalue weighted by atomic mass is 10.4. The maximum Gasteiger partial charge on any atom is 0.163 e. The summed E-state index contributed by atoms with van der Waals surface area (Å²) < 4.78 is 0. The first-order valence-corrected chi connectivity index (χ1v) is 2.56. The summed E-state index contributed by atoms with van der Waals surface area (Å²) in [6.07, 6.45) is -0.546. The average Bonchev–Trinajstić information content (AvgIpc) is 1.65. The molecular weight excluding hydrogens is 106 g/mol. The van der Waals surface area contributed by atoms with Crippen LogP contribution in [0, 0.1) is 0 Å². The van der Waals surface area contributed by atoms with Crippen molar-refractivity contribution in [2.24, 2.45) is 0 Å². The van der Waals surface area contributed by atoms with Crippen LogP contribution < -0.4 is 5.32 Å². The van der Waals surface area contributed by atoms with Crippen LogP contribution in [-0.2, 0) is 4.79 Å². The van der Waals surface area contributed by atoms with Gasteiger partial charge in [-0.05, 0) is 13.8 Å². The van der Waals surface area contributed by atoms with E-state index in [-0.39, 0.29) is 6.04 Å². The van der Waals surface area contributed by atoms with E-state index in [4.69, 9.17) is 5.11 Å². The number of hydrogen-bond acceptors (Lipinski definition) is 3. The van der Waals surface area contributed by atoms with Crippen LogP contribution in [0.4, 0.5) is 0 Å². The normalized spacial score (nSPS) is 14.0. The first-order chi connectivity index (χ1) is 3.66. The van der Waals surface area contributed by atoms with Crippen LogP contribution in [0.3, 0.4) is 0 Å². The Hall–Kier alpha value is -0.410. The summed E-state index contributed by atoms with van der Waals surface area (Å²) in [4.78, 5) is 9.73. The molecule has 0 heterocycles. The fourth-order valence-corrected chi connectivity index (χ4v) is 0.381. The summed E-state index contributed by atoms with van der Waals surface area (Å²) in [5.41, 5.74) is 0. The lowest BCUT2D eigenvalue weighted by Crippen LogP contribution is -2.35. The Morgan fingerprint density at radius 2 is 2.12 bits per heavy atom. The van der Waals surface area contributed by atoms with Crippen molar-refractivity contribution < 1.29 is 9.90 Å².